The van der Waals surface area contributed by atoms with Crippen LogP contribution >= 0.6 is 0 Å². The Bertz CT molecular complexity index is 109. The molecule has 1 heterocycles. The quantitative estimate of drug-likeness (QED) is 0.620. The van der Waals surface area contributed by atoms with Crippen molar-refractivity contribution in [3.8, 4) is 0 Å². The van der Waals surface area contributed by atoms with Gasteiger partial charge in [0, 0.05) is 8.31 Å². The van der Waals surface area contributed by atoms with E-state index in [0.717, 1.165) is 0 Å². The highest BCUT2D eigenvalue weighted by molar-refractivity contribution is 7.11. The van der Waals surface area contributed by atoms with Crippen LogP contribution in [0.5, 0.6) is 0 Å². The van der Waals surface area contributed by atoms with Crippen molar-refractivity contribution in [3.05, 3.63) is 0 Å². The summed E-state index contributed by atoms with van der Waals surface area (Å²) in [5.74, 6) is 0. The van der Waals surface area contributed by atoms with Crippen molar-refractivity contribution < 1.29 is 0 Å². The molecule has 0 N–H and O–H groups in total. The van der Waals surface area contributed by atoms with Gasteiger partial charge in [-0.25, -0.2) is 0 Å². The molecule has 1 aliphatic rings. The molecule has 72 valence electrons. The van der Waals surface area contributed by atoms with Gasteiger partial charge in [0.15, 0.2) is 0 Å². The Balaban J connectivity index is 2.18. The van der Waals surface area contributed by atoms with E-state index in [-0.39, 0.29) is 17.5 Å². The Morgan fingerprint density at radius 3 is 2.17 bits per heavy atom. The normalized spacial score (nSPS) is 21.2. The molecule has 1 fully saturated rings. The van der Waals surface area contributed by atoms with Crippen LogP contribution < -0.4 is 0 Å². The molecule has 1 aliphatic heterocycles. The first kappa shape index (κ1) is 10.5. The minimum atomic E-state index is -0.201. The van der Waals surface area contributed by atoms with E-state index in [0.29, 0.717) is 0 Å². The van der Waals surface area contributed by atoms with Crippen molar-refractivity contribution in [2.24, 2.45) is 0 Å². The summed E-state index contributed by atoms with van der Waals surface area (Å²) < 4.78 is 2.85. The Morgan fingerprint density at radius 2 is 1.67 bits per heavy atom. The fourth-order valence-electron chi connectivity index (χ4n) is 2.05. The molecule has 0 atom stereocenters. The van der Waals surface area contributed by atoms with Crippen molar-refractivity contribution in [2.75, 3.05) is 13.1 Å². The molecule has 0 unspecified atom stereocenters. The highest BCUT2D eigenvalue weighted by atomic mass is 29.2. The van der Waals surface area contributed by atoms with Crippen molar-refractivity contribution in [2.45, 2.75) is 45.2 Å². The van der Waals surface area contributed by atoms with Crippen LogP contribution in [0, 0.1) is 0 Å². The van der Waals surface area contributed by atoms with Gasteiger partial charge in [0.1, 0.15) is 0 Å². The molecule has 0 radical (unpaired) electrons. The topological polar surface area (TPSA) is 3.24 Å². The Kier molecular flexibility index (Phi) is 5.19. The lowest BCUT2D eigenvalue weighted by molar-refractivity contribution is 0.364. The molecule has 0 aromatic carbocycles. The molecule has 1 saturated heterocycles. The predicted octanol–water partition coefficient (Wildman–Crippen LogP) is 1.32. The highest BCUT2D eigenvalue weighted by Crippen LogP contribution is 2.09. The van der Waals surface area contributed by atoms with E-state index in [1.807, 2.05) is 0 Å². The molecular weight excluding hydrogens is 178 g/mol. The second-order valence-corrected chi connectivity index (χ2v) is 13.2. The van der Waals surface area contributed by atoms with Crippen LogP contribution in [0.3, 0.4) is 0 Å². The van der Waals surface area contributed by atoms with Crippen molar-refractivity contribution in [1.82, 2.24) is 4.57 Å². The van der Waals surface area contributed by atoms with Crippen LogP contribution in [0.2, 0.25) is 12.1 Å². The maximum Gasteiger partial charge on any atom is 0.0832 e. The first-order chi connectivity index (χ1) is 5.86. The summed E-state index contributed by atoms with van der Waals surface area (Å²) in [6.07, 6.45) is 4.47. The van der Waals surface area contributed by atoms with E-state index in [9.17, 15) is 0 Å². The molecule has 1 nitrogen and oxygen atoms in total. The lowest BCUT2D eigenvalue weighted by Gasteiger charge is -2.28. The summed E-state index contributed by atoms with van der Waals surface area (Å²) in [5, 5.41) is 0. The van der Waals surface area contributed by atoms with Crippen LogP contribution in [-0.4, -0.2) is 35.2 Å². The van der Waals surface area contributed by atoms with Gasteiger partial charge in [-0.2, -0.15) is 0 Å². The second kappa shape index (κ2) is 5.94. The number of hydrogen-bond donors (Lipinski definition) is 0. The van der Waals surface area contributed by atoms with Crippen molar-refractivity contribution in [3.63, 3.8) is 0 Å². The standard InChI is InChI=1S/C9H23NSi2/c1-3-12(4-2)11-10-8-6-5-7-9-10/h12H,3-9,11H2,1-2H3. The largest absolute Gasteiger partial charge is 0.332 e. The minimum absolute atomic E-state index is 0.201. The number of rotatable bonds is 4. The maximum atomic E-state index is 2.85. The first-order valence-corrected chi connectivity index (χ1v) is 11.1. The molecule has 0 bridgehead atoms. The third-order valence-electron chi connectivity index (χ3n) is 3.12. The zero-order valence-corrected chi connectivity index (χ0v) is 11.3. The van der Waals surface area contributed by atoms with Gasteiger partial charge in [-0.1, -0.05) is 32.4 Å². The van der Waals surface area contributed by atoms with Gasteiger partial charge >= 0.3 is 0 Å². The third kappa shape index (κ3) is 3.41. The molecule has 0 aromatic rings. The van der Waals surface area contributed by atoms with E-state index in [1.54, 1.807) is 12.1 Å². The SMILES string of the molecule is CC[SiH](CC)[SiH2]N1CCCCC1. The molecule has 0 spiro atoms. The summed E-state index contributed by atoms with van der Waals surface area (Å²) in [5.41, 5.74) is 0. The smallest absolute Gasteiger partial charge is 0.0832 e. The van der Waals surface area contributed by atoms with Gasteiger partial charge in [-0.15, -0.1) is 0 Å². The summed E-state index contributed by atoms with van der Waals surface area (Å²) in [4.78, 5) is 0. The Labute approximate surface area is 80.8 Å². The molecule has 0 amide bonds. The van der Waals surface area contributed by atoms with E-state index < -0.39 is 0 Å². The summed E-state index contributed by atoms with van der Waals surface area (Å²) >= 11 is 0. The van der Waals surface area contributed by atoms with Crippen LogP contribution in [0.15, 0.2) is 0 Å². The summed E-state index contributed by atoms with van der Waals surface area (Å²) in [7, 11) is 0.0512. The van der Waals surface area contributed by atoms with Gasteiger partial charge in [-0.05, 0) is 25.9 Å². The Hall–Kier alpha value is 0.394. The van der Waals surface area contributed by atoms with Crippen LogP contribution in [0.25, 0.3) is 0 Å². The summed E-state index contributed by atoms with van der Waals surface area (Å²) in [6, 6.07) is 3.11. The first-order valence-electron chi connectivity index (χ1n) is 5.59. The van der Waals surface area contributed by atoms with Crippen LogP contribution in [0.4, 0.5) is 0 Å². The molecule has 1 rings (SSSR count). The average Bonchev–Trinajstić information content (AvgIpc) is 2.16. The monoisotopic (exact) mass is 201 g/mol. The fraction of sp³-hybridized carbons (Fsp3) is 1.00. The third-order valence-corrected chi connectivity index (χ3v) is 13.7. The maximum absolute atomic E-state index is 2.85. The predicted molar refractivity (Wildman–Crippen MR) is 62.1 cm³/mol. The zero-order chi connectivity index (χ0) is 8.81. The number of nitrogens with zero attached hydrogens (tertiary/aromatic N) is 1. The summed E-state index contributed by atoms with van der Waals surface area (Å²) in [6.45, 7) is 7.74. The number of hydrogen-bond acceptors (Lipinski definition) is 1. The minimum Gasteiger partial charge on any atom is -0.332 e. The van der Waals surface area contributed by atoms with E-state index in [1.165, 1.54) is 32.4 Å². The van der Waals surface area contributed by atoms with Gasteiger partial charge in [0.2, 0.25) is 0 Å². The van der Waals surface area contributed by atoms with Crippen LogP contribution in [-0.2, 0) is 0 Å². The van der Waals surface area contributed by atoms with Gasteiger partial charge in [-0.3, -0.25) is 0 Å². The molecule has 0 aromatic heterocycles. The van der Waals surface area contributed by atoms with Crippen molar-refractivity contribution in [1.29, 1.82) is 0 Å². The van der Waals surface area contributed by atoms with Gasteiger partial charge in [0.05, 0.1) is 9.20 Å². The van der Waals surface area contributed by atoms with E-state index >= 15 is 0 Å². The van der Waals surface area contributed by atoms with Gasteiger partial charge < -0.3 is 4.57 Å². The zero-order valence-electron chi connectivity index (χ0n) is 8.68. The second-order valence-electron chi connectivity index (χ2n) is 4.04. The number of piperidine rings is 1. The lowest BCUT2D eigenvalue weighted by Crippen LogP contribution is -2.41. The molecular formula is C9H23NSi2. The molecule has 12 heavy (non-hydrogen) atoms. The Morgan fingerprint density at radius 1 is 1.08 bits per heavy atom. The molecule has 0 saturated carbocycles. The lowest BCUT2D eigenvalue weighted by atomic mass is 10.2. The van der Waals surface area contributed by atoms with E-state index in [4.69, 9.17) is 0 Å². The van der Waals surface area contributed by atoms with E-state index in [2.05, 4.69) is 18.4 Å². The highest BCUT2D eigenvalue weighted by Gasteiger charge is 2.15. The molecule has 0 aliphatic carbocycles. The van der Waals surface area contributed by atoms with Gasteiger partial charge in [0.25, 0.3) is 0 Å². The molecule has 3 heteroatoms. The fourth-order valence-corrected chi connectivity index (χ4v) is 9.53. The average molecular weight is 201 g/mol. The van der Waals surface area contributed by atoms with Crippen molar-refractivity contribution >= 4 is 17.5 Å². The van der Waals surface area contributed by atoms with Crippen LogP contribution in [0.1, 0.15) is 33.1 Å².